The van der Waals surface area contributed by atoms with Crippen LogP contribution in [0.2, 0.25) is 0 Å². The van der Waals surface area contributed by atoms with Crippen molar-refractivity contribution in [2.45, 2.75) is 58.4 Å². The summed E-state index contributed by atoms with van der Waals surface area (Å²) in [5.41, 5.74) is 0. The third-order valence-corrected chi connectivity index (χ3v) is 4.65. The molecule has 1 N–H and O–H groups in total. The average molecular weight is 282 g/mol. The number of nitrogens with one attached hydrogen (secondary N) is 1. The first-order valence-corrected chi connectivity index (χ1v) is 8.36. The van der Waals surface area contributed by atoms with Gasteiger partial charge in [-0.15, -0.1) is 0 Å². The Kier molecular flexibility index (Phi) is 6.14. The zero-order valence-corrected chi connectivity index (χ0v) is 13.1. The highest BCUT2D eigenvalue weighted by Crippen LogP contribution is 2.29. The Bertz CT molecular complexity index is 305. The molecule has 2 rings (SSSR count). The molecular formula is C16H30N2O2. The number of hydrogen-bond donors (Lipinski definition) is 1. The number of nitrogens with zero attached hydrogens (tertiary/aromatic N) is 1. The first kappa shape index (κ1) is 15.6. The quantitative estimate of drug-likeness (QED) is 0.814. The van der Waals surface area contributed by atoms with Crippen LogP contribution >= 0.6 is 0 Å². The number of likely N-dealkylation sites (tertiary alicyclic amines) is 1. The van der Waals surface area contributed by atoms with Gasteiger partial charge in [0, 0.05) is 25.7 Å². The Morgan fingerprint density at radius 3 is 2.65 bits per heavy atom. The third-order valence-electron chi connectivity index (χ3n) is 4.65. The Morgan fingerprint density at radius 2 is 2.05 bits per heavy atom. The highest BCUT2D eigenvalue weighted by molar-refractivity contribution is 5.67. The molecule has 2 aliphatic rings. The maximum Gasteiger partial charge on any atom is 0.407 e. The molecule has 1 saturated heterocycles. The number of piperidine rings is 1. The molecule has 2 atom stereocenters. The zero-order valence-electron chi connectivity index (χ0n) is 13.1. The van der Waals surface area contributed by atoms with E-state index >= 15 is 0 Å². The van der Waals surface area contributed by atoms with Crippen molar-refractivity contribution in [1.29, 1.82) is 0 Å². The molecule has 1 aliphatic carbocycles. The van der Waals surface area contributed by atoms with E-state index in [9.17, 15) is 4.79 Å². The van der Waals surface area contributed by atoms with Crippen LogP contribution in [0.5, 0.6) is 0 Å². The van der Waals surface area contributed by atoms with Crippen LogP contribution in [0, 0.1) is 11.8 Å². The molecule has 4 nitrogen and oxygen atoms in total. The number of amides is 1. The van der Waals surface area contributed by atoms with Crippen molar-refractivity contribution in [2.75, 3.05) is 26.2 Å². The predicted octanol–water partition coefficient (Wildman–Crippen LogP) is 3.02. The lowest BCUT2D eigenvalue weighted by Gasteiger charge is -2.41. The van der Waals surface area contributed by atoms with Gasteiger partial charge < -0.3 is 15.0 Å². The minimum atomic E-state index is -0.252. The van der Waals surface area contributed by atoms with Gasteiger partial charge in [0.2, 0.25) is 0 Å². The summed E-state index contributed by atoms with van der Waals surface area (Å²) in [6.45, 7) is 7.98. The molecular weight excluding hydrogens is 252 g/mol. The molecule has 0 bridgehead atoms. The van der Waals surface area contributed by atoms with E-state index < -0.39 is 0 Å². The van der Waals surface area contributed by atoms with Gasteiger partial charge in [-0.2, -0.15) is 0 Å². The fourth-order valence-corrected chi connectivity index (χ4v) is 3.55. The van der Waals surface area contributed by atoms with Gasteiger partial charge in [0.25, 0.3) is 0 Å². The topological polar surface area (TPSA) is 41.6 Å². The van der Waals surface area contributed by atoms with Crippen LogP contribution in [0.3, 0.4) is 0 Å². The summed E-state index contributed by atoms with van der Waals surface area (Å²) in [5, 5.41) is 3.04. The number of alkyl carbamates (subject to hydrolysis) is 1. The molecule has 1 amide bonds. The van der Waals surface area contributed by atoms with Crippen molar-refractivity contribution >= 4 is 6.09 Å². The van der Waals surface area contributed by atoms with Crippen LogP contribution in [0.1, 0.15) is 52.4 Å². The summed E-state index contributed by atoms with van der Waals surface area (Å²) in [4.78, 5) is 14.2. The molecule has 116 valence electrons. The van der Waals surface area contributed by atoms with Crippen LogP contribution in [0.4, 0.5) is 4.79 Å². The van der Waals surface area contributed by atoms with Gasteiger partial charge in [0.1, 0.15) is 0 Å². The van der Waals surface area contributed by atoms with Crippen LogP contribution in [0.25, 0.3) is 0 Å². The molecule has 0 spiro atoms. The lowest BCUT2D eigenvalue weighted by Crippen LogP contribution is -2.52. The van der Waals surface area contributed by atoms with Gasteiger partial charge in [-0.05, 0) is 44.4 Å². The van der Waals surface area contributed by atoms with E-state index in [0.29, 0.717) is 6.61 Å². The van der Waals surface area contributed by atoms with Crippen LogP contribution in [0.15, 0.2) is 0 Å². The first-order chi connectivity index (χ1) is 9.71. The monoisotopic (exact) mass is 282 g/mol. The zero-order chi connectivity index (χ0) is 14.4. The largest absolute Gasteiger partial charge is 0.450 e. The molecule has 4 heteroatoms. The van der Waals surface area contributed by atoms with E-state index in [1.165, 1.54) is 45.2 Å². The van der Waals surface area contributed by atoms with Gasteiger partial charge in [0.15, 0.2) is 0 Å². The summed E-state index contributed by atoms with van der Waals surface area (Å²) >= 11 is 0. The fourth-order valence-electron chi connectivity index (χ4n) is 3.55. The molecule has 0 radical (unpaired) electrons. The number of ether oxygens (including phenoxy) is 1. The van der Waals surface area contributed by atoms with Crippen molar-refractivity contribution in [3.8, 4) is 0 Å². The Hall–Kier alpha value is -0.770. The van der Waals surface area contributed by atoms with Gasteiger partial charge in [-0.3, -0.25) is 0 Å². The first-order valence-electron chi connectivity index (χ1n) is 8.36. The van der Waals surface area contributed by atoms with E-state index in [0.717, 1.165) is 24.8 Å². The van der Waals surface area contributed by atoms with Crippen LogP contribution in [-0.2, 0) is 4.74 Å². The van der Waals surface area contributed by atoms with Crippen molar-refractivity contribution in [3.63, 3.8) is 0 Å². The minimum Gasteiger partial charge on any atom is -0.450 e. The van der Waals surface area contributed by atoms with Crippen molar-refractivity contribution in [1.82, 2.24) is 10.2 Å². The summed E-state index contributed by atoms with van der Waals surface area (Å²) in [5.74, 6) is 1.62. The maximum absolute atomic E-state index is 11.6. The summed E-state index contributed by atoms with van der Waals surface area (Å²) in [6.07, 6.45) is 7.54. The molecule has 1 aliphatic heterocycles. The molecule has 20 heavy (non-hydrogen) atoms. The lowest BCUT2D eigenvalue weighted by atomic mass is 9.83. The Labute approximate surface area is 123 Å². The smallest absolute Gasteiger partial charge is 0.407 e. The number of hydrogen-bond acceptors (Lipinski definition) is 3. The summed E-state index contributed by atoms with van der Waals surface area (Å²) in [6, 6.07) is 0.263. The highest BCUT2D eigenvalue weighted by Gasteiger charge is 2.30. The van der Waals surface area contributed by atoms with Crippen molar-refractivity contribution in [3.05, 3.63) is 0 Å². The second-order valence-electron chi connectivity index (χ2n) is 6.47. The Balaban J connectivity index is 1.84. The van der Waals surface area contributed by atoms with E-state index in [4.69, 9.17) is 4.74 Å². The second-order valence-corrected chi connectivity index (χ2v) is 6.47. The normalized spacial score (nSPS) is 27.9. The second kappa shape index (κ2) is 7.87. The maximum atomic E-state index is 11.6. The SMILES string of the molecule is CCCC1CC(NC(=O)OCC)CN(CC2CCC2)C1. The molecule has 0 aromatic heterocycles. The average Bonchev–Trinajstić information content (AvgIpc) is 2.34. The highest BCUT2D eigenvalue weighted by atomic mass is 16.5. The van der Waals surface area contributed by atoms with Crippen LogP contribution < -0.4 is 5.32 Å². The summed E-state index contributed by atoms with van der Waals surface area (Å²) < 4.78 is 5.02. The van der Waals surface area contributed by atoms with E-state index in [-0.39, 0.29) is 12.1 Å². The van der Waals surface area contributed by atoms with Crippen LogP contribution in [-0.4, -0.2) is 43.3 Å². The Morgan fingerprint density at radius 1 is 1.25 bits per heavy atom. The van der Waals surface area contributed by atoms with Gasteiger partial charge in [-0.25, -0.2) is 4.79 Å². The van der Waals surface area contributed by atoms with Gasteiger partial charge in [-0.1, -0.05) is 19.8 Å². The predicted molar refractivity (Wildman–Crippen MR) is 80.7 cm³/mol. The molecule has 0 aromatic carbocycles. The molecule has 0 aromatic rings. The van der Waals surface area contributed by atoms with E-state index in [2.05, 4.69) is 17.1 Å². The number of carbonyl (C=O) groups excluding carboxylic acids is 1. The summed E-state index contributed by atoms with van der Waals surface area (Å²) in [7, 11) is 0. The number of carbonyl (C=O) groups is 1. The third kappa shape index (κ3) is 4.65. The molecule has 2 unspecified atom stereocenters. The molecule has 1 saturated carbocycles. The van der Waals surface area contributed by atoms with Crippen molar-refractivity contribution in [2.24, 2.45) is 11.8 Å². The van der Waals surface area contributed by atoms with Crippen molar-refractivity contribution < 1.29 is 9.53 Å². The number of rotatable bonds is 6. The van der Waals surface area contributed by atoms with Gasteiger partial charge in [0.05, 0.1) is 6.61 Å². The van der Waals surface area contributed by atoms with Gasteiger partial charge >= 0.3 is 6.09 Å². The van der Waals surface area contributed by atoms with E-state index in [1.807, 2.05) is 6.92 Å². The molecule has 1 heterocycles. The lowest BCUT2D eigenvalue weighted by molar-refractivity contribution is 0.0908. The molecule has 2 fully saturated rings. The van der Waals surface area contributed by atoms with E-state index in [1.54, 1.807) is 0 Å². The fraction of sp³-hybridized carbons (Fsp3) is 0.938. The minimum absolute atomic E-state index is 0.252. The standard InChI is InChI=1S/C16H30N2O2/c1-3-6-14-9-15(17-16(19)20-4-2)12-18(11-14)10-13-7-5-8-13/h13-15H,3-12H2,1-2H3,(H,17,19).